The lowest BCUT2D eigenvalue weighted by Crippen LogP contribution is -2.75. The normalized spacial score (nSPS) is 25.1. The van der Waals surface area contributed by atoms with Crippen LogP contribution in [0.4, 0.5) is 26.3 Å². The molecule has 121 heavy (non-hydrogen) atoms. The van der Waals surface area contributed by atoms with Crippen molar-refractivity contribution in [2.24, 2.45) is 16.7 Å². The van der Waals surface area contributed by atoms with Gasteiger partial charge in [-0.05, 0) is 225 Å². The molecule has 2 unspecified atom stereocenters. The van der Waals surface area contributed by atoms with E-state index in [0.717, 1.165) is 128 Å². The number of carbonyl (C=O) groups excluding carboxylic acids is 8. The fourth-order valence-electron chi connectivity index (χ4n) is 18.6. The zero-order chi connectivity index (χ0) is 86.8. The molecule has 0 spiro atoms. The Kier molecular flexibility index (Phi) is 26.2. The van der Waals surface area contributed by atoms with Crippen LogP contribution in [0.25, 0.3) is 0 Å². The van der Waals surface area contributed by atoms with Gasteiger partial charge in [0.1, 0.15) is 58.1 Å². The molecule has 12 aliphatic carbocycles. The monoisotopic (exact) mass is 1750 g/mol. The molecule has 0 saturated heterocycles. The highest BCUT2D eigenvalue weighted by atomic mass is 35.5. The summed E-state index contributed by atoms with van der Waals surface area (Å²) in [5.41, 5.74) is 0.191. The fraction of sp³-hybridized carbons (Fsp3) is 0.455. The molecule has 642 valence electrons. The smallest absolute Gasteiger partial charge is 0.287 e. The third-order valence-corrected chi connectivity index (χ3v) is 26.8. The Labute approximate surface area is 714 Å². The molecule has 6 amide bonds. The number of pyridine rings is 1. The van der Waals surface area contributed by atoms with Crippen molar-refractivity contribution in [2.45, 2.75) is 209 Å². The minimum atomic E-state index is -2.93. The van der Waals surface area contributed by atoms with Crippen LogP contribution >= 0.6 is 46.1 Å². The second-order valence-electron chi connectivity index (χ2n) is 34.3. The van der Waals surface area contributed by atoms with Gasteiger partial charge in [0.05, 0.1) is 49.1 Å². The fourth-order valence-corrected chi connectivity index (χ4v) is 19.8. The number of thiazole rings is 1. The summed E-state index contributed by atoms with van der Waals surface area (Å²) in [4.78, 5) is 116. The summed E-state index contributed by atoms with van der Waals surface area (Å²) in [6, 6.07) is 21.7. The lowest BCUT2D eigenvalue weighted by Gasteiger charge is -2.70. The van der Waals surface area contributed by atoms with Gasteiger partial charge in [0.25, 0.3) is 41.9 Å². The zero-order valence-electron chi connectivity index (χ0n) is 67.6. The van der Waals surface area contributed by atoms with Crippen LogP contribution in [0, 0.1) is 55.0 Å². The average Bonchev–Trinajstić information content (AvgIpc) is 1.09. The van der Waals surface area contributed by atoms with E-state index in [4.69, 9.17) is 58.2 Å². The van der Waals surface area contributed by atoms with Crippen LogP contribution in [0.3, 0.4) is 0 Å². The molecule has 4 heterocycles. The maximum absolute atomic E-state index is 13.6. The van der Waals surface area contributed by atoms with E-state index >= 15 is 0 Å². The molecule has 33 heteroatoms. The molecule has 23 nitrogen and oxygen atoms in total. The van der Waals surface area contributed by atoms with Crippen LogP contribution < -0.4 is 50.8 Å². The molecule has 12 saturated carbocycles. The highest BCUT2D eigenvalue weighted by Crippen LogP contribution is 2.70. The Balaban J connectivity index is 0.000000139. The number of aromatic nitrogens is 4. The first-order chi connectivity index (χ1) is 57.3. The summed E-state index contributed by atoms with van der Waals surface area (Å²) in [5, 5.41) is 20.2. The number of rotatable bonds is 29. The van der Waals surface area contributed by atoms with Gasteiger partial charge >= 0.3 is 0 Å². The van der Waals surface area contributed by atoms with Crippen molar-refractivity contribution in [1.82, 2.24) is 51.8 Å². The quantitative estimate of drug-likeness (QED) is 0.0187. The second-order valence-corrected chi connectivity index (χ2v) is 36.6. The molecule has 2 atom stereocenters. The number of fused-ring (bicyclic) bond motifs is 4. The highest BCUT2D eigenvalue weighted by Gasteiger charge is 2.70. The van der Waals surface area contributed by atoms with E-state index in [1.165, 1.54) is 61.0 Å². The molecule has 12 fully saturated rings. The van der Waals surface area contributed by atoms with Gasteiger partial charge in [-0.25, -0.2) is 36.3 Å². The van der Waals surface area contributed by atoms with Gasteiger partial charge in [-0.2, -0.15) is 0 Å². The lowest BCUT2D eigenvalue weighted by molar-refractivity contribution is -0.165. The summed E-state index contributed by atoms with van der Waals surface area (Å²) >= 11 is 18.8. The number of Topliss-reactive ketones (excluding diaryl/α,β-unsaturated/α-hetero) is 2. The van der Waals surface area contributed by atoms with Crippen molar-refractivity contribution in [3.63, 3.8) is 0 Å². The minimum absolute atomic E-state index is 0.00631. The van der Waals surface area contributed by atoms with Crippen molar-refractivity contribution in [2.75, 3.05) is 26.4 Å². The van der Waals surface area contributed by atoms with Gasteiger partial charge in [-0.1, -0.05) is 55.6 Å². The Hall–Kier alpha value is -10.2. The number of halogens is 9. The predicted octanol–water partition coefficient (Wildman–Crippen LogP) is 16.8. The van der Waals surface area contributed by atoms with Crippen LogP contribution in [-0.4, -0.2) is 127 Å². The number of hydrogen-bond donors (Lipinski definition) is 6. The number of ketones is 2. The molecule has 6 N–H and O–H groups in total. The predicted molar refractivity (Wildman–Crippen MR) is 438 cm³/mol. The number of carbonyl (C=O) groups is 8. The maximum atomic E-state index is 13.6. The third-order valence-electron chi connectivity index (χ3n) is 24.5. The summed E-state index contributed by atoms with van der Waals surface area (Å²) in [5.74, 6) is -0.949. The molecular weight excluding hydrogens is 1660 g/mol. The number of alkyl halides is 3. The second kappa shape index (κ2) is 35.7. The van der Waals surface area contributed by atoms with E-state index in [1.54, 1.807) is 48.9 Å². The Bertz CT molecular complexity index is 5200. The van der Waals surface area contributed by atoms with Crippen molar-refractivity contribution in [3.8, 4) is 23.0 Å². The first kappa shape index (κ1) is 88.6. The first-order valence-corrected chi connectivity index (χ1v) is 41.8. The van der Waals surface area contributed by atoms with Crippen molar-refractivity contribution < 1.29 is 88.1 Å². The van der Waals surface area contributed by atoms with Gasteiger partial charge in [0.2, 0.25) is 0 Å². The van der Waals surface area contributed by atoms with Crippen LogP contribution in [0.15, 0.2) is 126 Å². The summed E-state index contributed by atoms with van der Waals surface area (Å²) in [6.07, 6.45) is 15.5. The molecular formula is C88H93Cl3F6N10O13S. The van der Waals surface area contributed by atoms with E-state index in [2.05, 4.69) is 72.6 Å². The molecule has 8 bridgehead atoms. The number of nitrogens with zero attached hydrogens (tertiary/aromatic N) is 4. The van der Waals surface area contributed by atoms with Gasteiger partial charge in [0.15, 0.2) is 43.8 Å². The Morgan fingerprint density at radius 3 is 1.45 bits per heavy atom. The van der Waals surface area contributed by atoms with Crippen LogP contribution in [0.2, 0.25) is 15.1 Å². The summed E-state index contributed by atoms with van der Waals surface area (Å²) in [7, 11) is 0. The van der Waals surface area contributed by atoms with Gasteiger partial charge < -0.3 is 55.3 Å². The topological polar surface area (TPSA) is 310 Å². The highest BCUT2D eigenvalue weighted by molar-refractivity contribution is 7.13. The summed E-state index contributed by atoms with van der Waals surface area (Å²) in [6.45, 7) is 12.4. The third kappa shape index (κ3) is 20.6. The number of furan rings is 1. The number of aryl methyl sites for hydroxylation is 3. The van der Waals surface area contributed by atoms with Crippen LogP contribution in [0.5, 0.6) is 23.0 Å². The Morgan fingerprint density at radius 1 is 0.512 bits per heavy atom. The minimum Gasteiger partial charge on any atom is -0.484 e. The van der Waals surface area contributed by atoms with Gasteiger partial charge in [0, 0.05) is 93.8 Å². The lowest BCUT2D eigenvalue weighted by atomic mass is 9.38. The van der Waals surface area contributed by atoms with Crippen molar-refractivity contribution >= 4 is 93.1 Å². The van der Waals surface area contributed by atoms with Crippen molar-refractivity contribution in [3.05, 3.63) is 210 Å². The van der Waals surface area contributed by atoms with E-state index in [-0.39, 0.29) is 163 Å². The number of nitrogens with one attached hydrogen (secondary N) is 6. The number of benzene rings is 4. The molecule has 8 aromatic rings. The van der Waals surface area contributed by atoms with E-state index < -0.39 is 41.5 Å². The first-order valence-electron chi connectivity index (χ1n) is 39.9. The number of ether oxygens (including phenoxy) is 4. The maximum Gasteiger partial charge on any atom is 0.287 e. The number of hydrogen-bond acceptors (Lipinski definition) is 18. The standard InChI is InChI=1S/C24H28ClFN2O4.C22H21F4N3O3.C21H22ClFN2O3S.C21H22ClN3O3/c1-14-10-20(32-16(14)3)22(30)28-23-6-8-24(9-7-23,15(2)12-23)27-21(29)13-31-17-4-5-18(25)19(26)11-17;1-12(23)16-6-28-17(7-27-16)18(30)5-21-9-22(10-21,11-21)29-19(31)8-32-13-2-3-14(20(25)26)15(24)4-13;1-12(2)19-24-7-17(29-19)16(26)6-20-9-21(10-20,11-20)25-18(27)8-28-13-3-4-14(22)15(23)5-13;1-14-9-16(4-5-17(14)22)28-11-18(26)24-20-6-7-21(12-20,13-20)25-19(27)15-3-2-8-23-10-15/h4-5,10-11,15H,6-9,12-13H2,1-3H3,(H,27,29)(H,28,30);2-4,6-7,12,20H,5,8-11H2,1H3,(H,29,31);3-5,7,12H,6,8-11H2,1-2H3,(H,25,27);2-5,8-10H,6-7,11-13H2,1H3,(H,24,26)(H,25,27). The number of amides is 6. The summed E-state index contributed by atoms with van der Waals surface area (Å²) < 4.78 is 106. The molecule has 12 aliphatic rings. The van der Waals surface area contributed by atoms with Crippen molar-refractivity contribution in [1.29, 1.82) is 0 Å². The Morgan fingerprint density at radius 2 is 1.00 bits per heavy atom. The average molecular weight is 1750 g/mol. The van der Waals surface area contributed by atoms with Gasteiger partial charge in [-0.3, -0.25) is 48.3 Å². The molecule has 4 aromatic carbocycles. The SMILES string of the molecule is CC(C)c1ncc(C(=O)CC23CC(NC(=O)COc4ccc(Cl)c(F)c4)(C2)C3)s1.CC(F)c1cnc(C(=O)CC23CC(NC(=O)COc4ccc(C(F)F)c(F)c4)(C2)C3)cn1.Cc1cc(C(=O)NC23CCC(NC(=O)COc4ccc(Cl)c(F)c4)(CC2)C(C)C3)oc1C.Cc1cc(OCC(=O)NC23CCC(NC(=O)c4cccnc4)(C2)C3)ccc1Cl. The van der Waals surface area contributed by atoms with E-state index in [9.17, 15) is 64.7 Å². The van der Waals surface area contributed by atoms with Crippen LogP contribution in [0.1, 0.15) is 230 Å². The largest absolute Gasteiger partial charge is 0.484 e. The zero-order valence-corrected chi connectivity index (χ0v) is 70.7. The van der Waals surface area contributed by atoms with Gasteiger partial charge in [-0.15, -0.1) is 11.3 Å². The molecule has 0 aliphatic heterocycles. The molecule has 20 rings (SSSR count). The molecule has 4 aromatic heterocycles. The van der Waals surface area contributed by atoms with E-state index in [0.29, 0.717) is 53.7 Å². The molecule has 0 radical (unpaired) electrons. The van der Waals surface area contributed by atoms with Crippen LogP contribution in [-0.2, 0) is 19.2 Å². The van der Waals surface area contributed by atoms with E-state index in [1.807, 2.05) is 26.8 Å².